The predicted molar refractivity (Wildman–Crippen MR) is 157 cm³/mol. The Bertz CT molecular complexity index is 910. The molecule has 0 aromatic rings. The molecule has 10 atom stereocenters. The Kier molecular flexibility index (Phi) is 8.38. The predicted octanol–water partition coefficient (Wildman–Crippen LogP) is 8.11. The number of carbonyl (C=O) groups excluding carboxylic acids is 1. The van der Waals surface area contributed by atoms with E-state index in [1.807, 2.05) is 0 Å². The molecule has 0 bridgehead atoms. The fourth-order valence-electron chi connectivity index (χ4n) is 10.1. The summed E-state index contributed by atoms with van der Waals surface area (Å²) in [7, 11) is 0. The number of esters is 1. The number of ether oxygens (including phenoxy) is 1. The number of nitrogens with one attached hydrogen (secondary N) is 1. The number of carbonyl (C=O) groups is 1. The summed E-state index contributed by atoms with van der Waals surface area (Å²) in [5.41, 5.74) is 2.47. The van der Waals surface area contributed by atoms with Gasteiger partial charge in [-0.25, -0.2) is 0 Å². The second-order valence-corrected chi connectivity index (χ2v) is 15.0. The molecule has 1 heterocycles. The van der Waals surface area contributed by atoms with Gasteiger partial charge in [0, 0.05) is 18.9 Å². The van der Waals surface area contributed by atoms with Crippen molar-refractivity contribution in [2.75, 3.05) is 0 Å². The summed E-state index contributed by atoms with van der Waals surface area (Å²) in [6, 6.07) is 0.518. The fraction of sp³-hybridized carbons (Fsp3) is 0.882. The van der Waals surface area contributed by atoms with E-state index in [2.05, 4.69) is 57.9 Å². The molecule has 7 unspecified atom stereocenters. The summed E-state index contributed by atoms with van der Waals surface area (Å²) in [5, 5.41) is 3.22. The summed E-state index contributed by atoms with van der Waals surface area (Å²) in [5.74, 6) is 5.17. The van der Waals surface area contributed by atoms with E-state index in [9.17, 15) is 4.79 Å². The van der Waals surface area contributed by atoms with Gasteiger partial charge in [0.2, 0.25) is 0 Å². The molecule has 4 nitrogen and oxygen atoms in total. The van der Waals surface area contributed by atoms with Gasteiger partial charge in [-0.2, -0.15) is 0 Å². The zero-order valence-corrected chi connectivity index (χ0v) is 25.3. The van der Waals surface area contributed by atoms with Crippen molar-refractivity contribution in [1.29, 1.82) is 0 Å². The van der Waals surface area contributed by atoms with Crippen molar-refractivity contribution in [1.82, 2.24) is 5.32 Å². The molecule has 5 rings (SSSR count). The van der Waals surface area contributed by atoms with Crippen molar-refractivity contribution < 1.29 is 9.53 Å². The van der Waals surface area contributed by atoms with Crippen LogP contribution in [0.4, 0.5) is 0 Å². The molecule has 0 aromatic carbocycles. The SMILES string of the molecule is CC(C)CCCC(C)C1CCC2[C@H]3CC=C4CC(OC(=O)CC[C@@H]5N=CN[C@H]5C)CCC4(C)C3CCC12C. The average Bonchev–Trinajstić information content (AvgIpc) is 3.44. The summed E-state index contributed by atoms with van der Waals surface area (Å²) in [6.07, 6.45) is 20.1. The van der Waals surface area contributed by atoms with E-state index >= 15 is 0 Å². The van der Waals surface area contributed by atoms with E-state index in [0.717, 1.165) is 54.8 Å². The maximum Gasteiger partial charge on any atom is 0.306 e. The molecule has 1 N–H and O–H groups in total. The quantitative estimate of drug-likeness (QED) is 0.245. The third kappa shape index (κ3) is 5.36. The van der Waals surface area contributed by atoms with Crippen molar-refractivity contribution in [3.63, 3.8) is 0 Å². The highest BCUT2D eigenvalue weighted by molar-refractivity contribution is 5.70. The number of hydrogen-bond acceptors (Lipinski definition) is 4. The van der Waals surface area contributed by atoms with Crippen LogP contribution in [0, 0.1) is 46.3 Å². The van der Waals surface area contributed by atoms with Crippen LogP contribution < -0.4 is 5.32 Å². The molecule has 5 aliphatic rings. The van der Waals surface area contributed by atoms with Gasteiger partial charge < -0.3 is 10.1 Å². The first-order valence-corrected chi connectivity index (χ1v) is 16.3. The number of aliphatic imine (C=N–C) groups is 1. The zero-order chi connectivity index (χ0) is 27.1. The molecular formula is C34H56N2O2. The van der Waals surface area contributed by atoms with Crippen molar-refractivity contribution in [2.24, 2.45) is 51.3 Å². The van der Waals surface area contributed by atoms with Gasteiger partial charge in [-0.1, -0.05) is 65.5 Å². The first-order valence-electron chi connectivity index (χ1n) is 16.3. The van der Waals surface area contributed by atoms with Crippen LogP contribution >= 0.6 is 0 Å². The minimum Gasteiger partial charge on any atom is -0.462 e. The lowest BCUT2D eigenvalue weighted by Crippen LogP contribution is -2.51. The molecule has 38 heavy (non-hydrogen) atoms. The number of rotatable bonds is 9. The van der Waals surface area contributed by atoms with Crippen LogP contribution in [-0.2, 0) is 9.53 Å². The number of nitrogens with zero attached hydrogens (tertiary/aromatic N) is 1. The highest BCUT2D eigenvalue weighted by Crippen LogP contribution is 2.67. The highest BCUT2D eigenvalue weighted by Gasteiger charge is 2.59. The van der Waals surface area contributed by atoms with E-state index < -0.39 is 0 Å². The maximum atomic E-state index is 12.7. The van der Waals surface area contributed by atoms with Crippen LogP contribution in [0.1, 0.15) is 125 Å². The Hall–Kier alpha value is -1.32. The molecule has 0 amide bonds. The lowest BCUT2D eigenvalue weighted by molar-refractivity contribution is -0.151. The molecule has 4 heteroatoms. The molecule has 0 aromatic heterocycles. The maximum absolute atomic E-state index is 12.7. The average molecular weight is 525 g/mol. The fourth-order valence-corrected chi connectivity index (χ4v) is 10.1. The Balaban J connectivity index is 1.18. The van der Waals surface area contributed by atoms with Gasteiger partial charge in [0.25, 0.3) is 0 Å². The monoisotopic (exact) mass is 524 g/mol. The summed E-state index contributed by atoms with van der Waals surface area (Å²) in [4.78, 5) is 17.1. The largest absolute Gasteiger partial charge is 0.462 e. The molecule has 214 valence electrons. The third-order valence-corrected chi connectivity index (χ3v) is 12.4. The first kappa shape index (κ1) is 28.2. The lowest BCUT2D eigenvalue weighted by Gasteiger charge is -2.58. The minimum atomic E-state index is -0.0323. The molecular weight excluding hydrogens is 468 g/mol. The van der Waals surface area contributed by atoms with Crippen LogP contribution in [0.2, 0.25) is 0 Å². The Morgan fingerprint density at radius 2 is 1.92 bits per heavy atom. The van der Waals surface area contributed by atoms with E-state index in [1.54, 1.807) is 11.9 Å². The van der Waals surface area contributed by atoms with Gasteiger partial charge in [0.05, 0.1) is 12.4 Å². The normalized spacial score (nSPS) is 42.6. The van der Waals surface area contributed by atoms with E-state index in [4.69, 9.17) is 4.74 Å². The second-order valence-electron chi connectivity index (χ2n) is 15.0. The lowest BCUT2D eigenvalue weighted by atomic mass is 9.47. The molecule has 1 aliphatic heterocycles. The van der Waals surface area contributed by atoms with Gasteiger partial charge in [0.1, 0.15) is 6.10 Å². The van der Waals surface area contributed by atoms with Crippen molar-refractivity contribution in [3.05, 3.63) is 11.6 Å². The van der Waals surface area contributed by atoms with Crippen LogP contribution in [-0.4, -0.2) is 30.5 Å². The van der Waals surface area contributed by atoms with Crippen LogP contribution in [0.5, 0.6) is 0 Å². The van der Waals surface area contributed by atoms with Crippen molar-refractivity contribution >= 4 is 12.3 Å². The van der Waals surface area contributed by atoms with E-state index in [-0.39, 0.29) is 18.1 Å². The van der Waals surface area contributed by atoms with Crippen molar-refractivity contribution in [2.45, 2.75) is 143 Å². The molecule has 0 radical (unpaired) electrons. The van der Waals surface area contributed by atoms with Gasteiger partial charge in [0.15, 0.2) is 0 Å². The highest BCUT2D eigenvalue weighted by atomic mass is 16.5. The van der Waals surface area contributed by atoms with Gasteiger partial charge in [-0.3, -0.25) is 9.79 Å². The van der Waals surface area contributed by atoms with E-state index in [0.29, 0.717) is 23.3 Å². The van der Waals surface area contributed by atoms with Gasteiger partial charge in [-0.15, -0.1) is 0 Å². The Morgan fingerprint density at radius 3 is 2.66 bits per heavy atom. The number of hydrogen-bond donors (Lipinski definition) is 1. The van der Waals surface area contributed by atoms with Crippen LogP contribution in [0.15, 0.2) is 16.6 Å². The molecule has 4 aliphatic carbocycles. The summed E-state index contributed by atoms with van der Waals surface area (Å²) < 4.78 is 6.04. The Morgan fingerprint density at radius 1 is 1.11 bits per heavy atom. The second kappa shape index (κ2) is 11.3. The third-order valence-electron chi connectivity index (χ3n) is 12.4. The van der Waals surface area contributed by atoms with Gasteiger partial charge >= 0.3 is 5.97 Å². The summed E-state index contributed by atoms with van der Waals surface area (Å²) in [6.45, 7) is 14.7. The van der Waals surface area contributed by atoms with Gasteiger partial charge in [-0.05, 0) is 105 Å². The number of allylic oxidation sites excluding steroid dienone is 1. The standard InChI is InChI=1S/C34H56N2O2/c1-22(2)8-7-9-23(3)28-12-13-29-27-11-10-25-20-26(38-32(37)15-14-31-24(4)35-21-36-31)16-18-33(25,5)30(27)17-19-34(28,29)6/h10,21-24,26-31H,7-9,11-20H2,1-6H3,(H,35,36)/t23?,24-,26?,27+,28?,29?,30?,31-,33?,34?/m0/s1. The number of fused-ring (bicyclic) bond motifs is 5. The molecule has 3 fully saturated rings. The minimum absolute atomic E-state index is 0.0323. The summed E-state index contributed by atoms with van der Waals surface area (Å²) >= 11 is 0. The van der Waals surface area contributed by atoms with E-state index in [1.165, 1.54) is 57.8 Å². The first-order chi connectivity index (χ1) is 18.1. The zero-order valence-electron chi connectivity index (χ0n) is 25.3. The van der Waals surface area contributed by atoms with Crippen LogP contribution in [0.3, 0.4) is 0 Å². The topological polar surface area (TPSA) is 50.7 Å². The molecule has 3 saturated carbocycles. The van der Waals surface area contributed by atoms with Crippen LogP contribution in [0.25, 0.3) is 0 Å². The Labute approximate surface area is 233 Å². The van der Waals surface area contributed by atoms with Crippen molar-refractivity contribution in [3.8, 4) is 0 Å². The molecule has 0 spiro atoms. The molecule has 0 saturated heterocycles. The smallest absolute Gasteiger partial charge is 0.306 e.